The molecule has 6 heteroatoms. The molecule has 0 bridgehead atoms. The van der Waals surface area contributed by atoms with Crippen molar-refractivity contribution in [3.05, 3.63) is 34.9 Å². The number of benzene rings is 1. The van der Waals surface area contributed by atoms with Crippen LogP contribution >= 0.6 is 24.0 Å². The maximum absolute atomic E-state index is 11.9. The number of likely N-dealkylation sites (tertiary alicyclic amines) is 1. The summed E-state index contributed by atoms with van der Waals surface area (Å²) >= 11 is 6.23. The predicted molar refractivity (Wildman–Crippen MR) is 103 cm³/mol. The van der Waals surface area contributed by atoms with Gasteiger partial charge in [-0.15, -0.1) is 12.4 Å². The average Bonchev–Trinajstić information content (AvgIpc) is 2.56. The highest BCUT2D eigenvalue weighted by Gasteiger charge is 2.21. The molecule has 0 radical (unpaired) electrons. The van der Waals surface area contributed by atoms with Crippen LogP contribution in [-0.2, 0) is 11.3 Å². The normalized spacial score (nSPS) is 17.1. The number of carbonyl (C=O) groups is 1. The minimum Gasteiger partial charge on any atom is -0.354 e. The van der Waals surface area contributed by atoms with Gasteiger partial charge in [0.2, 0.25) is 5.91 Å². The second kappa shape index (κ2) is 10.9. The third kappa shape index (κ3) is 6.60. The third-order valence-electron chi connectivity index (χ3n) is 4.56. The van der Waals surface area contributed by atoms with E-state index < -0.39 is 0 Å². The van der Waals surface area contributed by atoms with E-state index in [9.17, 15) is 4.79 Å². The van der Waals surface area contributed by atoms with Crippen molar-refractivity contribution < 1.29 is 4.79 Å². The summed E-state index contributed by atoms with van der Waals surface area (Å²) in [5.41, 5.74) is 7.02. The van der Waals surface area contributed by atoms with Gasteiger partial charge in [-0.2, -0.15) is 0 Å². The van der Waals surface area contributed by atoms with Gasteiger partial charge in [0.15, 0.2) is 0 Å². The van der Waals surface area contributed by atoms with Crippen LogP contribution in [0.4, 0.5) is 0 Å². The van der Waals surface area contributed by atoms with Crippen LogP contribution in [0.5, 0.6) is 0 Å². The standard InChI is InChI=1S/C18H28ClN3O.ClH/c1-2-5-17(20)18(23)21-12-14-8-10-22(11-9-14)13-15-6-3-4-7-16(15)19;/h3-4,6-7,14,17H,2,5,8-13,20H2,1H3,(H,21,23);1H. The second-order valence-corrected chi connectivity index (χ2v) is 6.86. The summed E-state index contributed by atoms with van der Waals surface area (Å²) in [6.07, 6.45) is 3.90. The monoisotopic (exact) mass is 373 g/mol. The number of amides is 1. The second-order valence-electron chi connectivity index (χ2n) is 6.45. The van der Waals surface area contributed by atoms with E-state index in [2.05, 4.69) is 16.3 Å². The Hall–Kier alpha value is -0.810. The zero-order valence-electron chi connectivity index (χ0n) is 14.3. The van der Waals surface area contributed by atoms with Gasteiger partial charge in [0.1, 0.15) is 0 Å². The molecule has 0 aliphatic carbocycles. The van der Waals surface area contributed by atoms with Crippen LogP contribution in [0.1, 0.15) is 38.2 Å². The molecule has 1 aliphatic heterocycles. The first-order valence-electron chi connectivity index (χ1n) is 8.59. The molecule has 1 fully saturated rings. The molecule has 0 spiro atoms. The molecule has 24 heavy (non-hydrogen) atoms. The Morgan fingerprint density at radius 1 is 1.38 bits per heavy atom. The van der Waals surface area contributed by atoms with Crippen LogP contribution < -0.4 is 11.1 Å². The van der Waals surface area contributed by atoms with Gasteiger partial charge in [0.05, 0.1) is 6.04 Å². The van der Waals surface area contributed by atoms with E-state index in [1.165, 1.54) is 5.56 Å². The molecule has 1 atom stereocenters. The number of nitrogens with two attached hydrogens (primary N) is 1. The van der Waals surface area contributed by atoms with E-state index in [4.69, 9.17) is 17.3 Å². The van der Waals surface area contributed by atoms with Crippen molar-refractivity contribution in [2.75, 3.05) is 19.6 Å². The van der Waals surface area contributed by atoms with Crippen LogP contribution in [0.3, 0.4) is 0 Å². The van der Waals surface area contributed by atoms with Gasteiger partial charge in [0.25, 0.3) is 0 Å². The zero-order chi connectivity index (χ0) is 16.7. The Morgan fingerprint density at radius 3 is 2.67 bits per heavy atom. The Labute approximate surface area is 156 Å². The number of carbonyl (C=O) groups excluding carboxylic acids is 1. The summed E-state index contributed by atoms with van der Waals surface area (Å²) in [6.45, 7) is 5.79. The lowest BCUT2D eigenvalue weighted by Crippen LogP contribution is -2.44. The summed E-state index contributed by atoms with van der Waals surface area (Å²) in [5, 5.41) is 3.85. The van der Waals surface area contributed by atoms with Gasteiger partial charge in [-0.1, -0.05) is 43.1 Å². The lowest BCUT2D eigenvalue weighted by atomic mass is 9.96. The van der Waals surface area contributed by atoms with Crippen LogP contribution in [0.25, 0.3) is 0 Å². The van der Waals surface area contributed by atoms with Crippen LogP contribution in [0.2, 0.25) is 5.02 Å². The van der Waals surface area contributed by atoms with Gasteiger partial charge in [0, 0.05) is 18.1 Å². The van der Waals surface area contributed by atoms with Gasteiger partial charge in [-0.3, -0.25) is 9.69 Å². The molecule has 136 valence electrons. The van der Waals surface area contributed by atoms with Gasteiger partial charge in [-0.05, 0) is 49.9 Å². The zero-order valence-corrected chi connectivity index (χ0v) is 15.9. The smallest absolute Gasteiger partial charge is 0.236 e. The molecule has 1 saturated heterocycles. The highest BCUT2D eigenvalue weighted by atomic mass is 35.5. The van der Waals surface area contributed by atoms with Crippen molar-refractivity contribution in [3.63, 3.8) is 0 Å². The number of halogens is 2. The van der Waals surface area contributed by atoms with E-state index in [0.29, 0.717) is 5.92 Å². The molecule has 0 aromatic heterocycles. The number of nitrogens with one attached hydrogen (secondary N) is 1. The topological polar surface area (TPSA) is 58.4 Å². The quantitative estimate of drug-likeness (QED) is 0.771. The average molecular weight is 374 g/mol. The fourth-order valence-corrected chi connectivity index (χ4v) is 3.23. The Morgan fingerprint density at radius 2 is 2.04 bits per heavy atom. The van der Waals surface area contributed by atoms with E-state index in [0.717, 1.165) is 56.9 Å². The summed E-state index contributed by atoms with van der Waals surface area (Å²) in [7, 11) is 0. The number of hydrogen-bond acceptors (Lipinski definition) is 3. The van der Waals surface area contributed by atoms with E-state index in [1.807, 2.05) is 25.1 Å². The largest absolute Gasteiger partial charge is 0.354 e. The van der Waals surface area contributed by atoms with Crippen molar-refractivity contribution in [2.45, 2.75) is 45.2 Å². The fraction of sp³-hybridized carbons (Fsp3) is 0.611. The van der Waals surface area contributed by atoms with E-state index in [1.54, 1.807) is 0 Å². The maximum Gasteiger partial charge on any atom is 0.236 e. The first-order valence-corrected chi connectivity index (χ1v) is 8.97. The molecule has 1 aromatic rings. The van der Waals surface area contributed by atoms with Crippen molar-refractivity contribution in [1.82, 2.24) is 10.2 Å². The maximum atomic E-state index is 11.9. The number of nitrogens with zero attached hydrogens (tertiary/aromatic N) is 1. The summed E-state index contributed by atoms with van der Waals surface area (Å²) < 4.78 is 0. The van der Waals surface area contributed by atoms with Crippen molar-refractivity contribution in [2.24, 2.45) is 11.7 Å². The van der Waals surface area contributed by atoms with Crippen molar-refractivity contribution >= 4 is 29.9 Å². The Balaban J connectivity index is 0.00000288. The molecule has 0 saturated carbocycles. The summed E-state index contributed by atoms with van der Waals surface area (Å²) in [4.78, 5) is 14.3. The Kier molecular flexibility index (Phi) is 9.67. The summed E-state index contributed by atoms with van der Waals surface area (Å²) in [6, 6.07) is 7.66. The number of rotatable bonds is 7. The van der Waals surface area contributed by atoms with Gasteiger partial charge >= 0.3 is 0 Å². The molecule has 1 aliphatic rings. The first-order chi connectivity index (χ1) is 11.1. The fourth-order valence-electron chi connectivity index (χ4n) is 3.03. The molecule has 1 amide bonds. The predicted octanol–water partition coefficient (Wildman–Crippen LogP) is 3.22. The lowest BCUT2D eigenvalue weighted by molar-refractivity contribution is -0.122. The van der Waals surface area contributed by atoms with Gasteiger partial charge in [-0.25, -0.2) is 0 Å². The highest BCUT2D eigenvalue weighted by Crippen LogP contribution is 2.21. The van der Waals surface area contributed by atoms with Crippen molar-refractivity contribution in [3.8, 4) is 0 Å². The minimum absolute atomic E-state index is 0. The SMILES string of the molecule is CCCC(N)C(=O)NCC1CCN(Cc2ccccc2Cl)CC1.Cl. The lowest BCUT2D eigenvalue weighted by Gasteiger charge is -2.32. The van der Waals surface area contributed by atoms with Crippen LogP contribution in [-0.4, -0.2) is 36.5 Å². The molecule has 3 N–H and O–H groups in total. The van der Waals surface area contributed by atoms with Gasteiger partial charge < -0.3 is 11.1 Å². The molecule has 1 unspecified atom stereocenters. The number of piperidine rings is 1. The number of hydrogen-bond donors (Lipinski definition) is 2. The molecule has 1 aromatic carbocycles. The first kappa shape index (κ1) is 21.2. The molecule has 2 rings (SSSR count). The molecule has 4 nitrogen and oxygen atoms in total. The summed E-state index contributed by atoms with van der Waals surface area (Å²) in [5.74, 6) is 0.542. The van der Waals surface area contributed by atoms with Crippen LogP contribution in [0, 0.1) is 5.92 Å². The van der Waals surface area contributed by atoms with E-state index in [-0.39, 0.29) is 24.4 Å². The van der Waals surface area contributed by atoms with Crippen molar-refractivity contribution in [1.29, 1.82) is 0 Å². The molecular weight excluding hydrogens is 345 g/mol. The van der Waals surface area contributed by atoms with E-state index >= 15 is 0 Å². The third-order valence-corrected chi connectivity index (χ3v) is 4.93. The Bertz CT molecular complexity index is 505. The molecular formula is C18H29Cl2N3O. The van der Waals surface area contributed by atoms with Crippen LogP contribution in [0.15, 0.2) is 24.3 Å². The molecule has 1 heterocycles. The minimum atomic E-state index is -0.361. The highest BCUT2D eigenvalue weighted by molar-refractivity contribution is 6.31.